The van der Waals surface area contributed by atoms with E-state index in [-0.39, 0.29) is 30.6 Å². The smallest absolute Gasteiger partial charge is 0.310 e. The minimum Gasteiger partial charge on any atom is -0.447 e. The molecule has 9 heteroatoms. The second-order valence-electron chi connectivity index (χ2n) is 7.43. The van der Waals surface area contributed by atoms with Crippen LogP contribution in [0.4, 0.5) is 5.69 Å². The highest BCUT2D eigenvalue weighted by Crippen LogP contribution is 2.45. The molecule has 2 aromatic carbocycles. The molecule has 170 valence electrons. The Balaban J connectivity index is 1.98. The predicted octanol–water partition coefficient (Wildman–Crippen LogP) is 4.72. The Hall–Kier alpha value is -3.46. The third-order valence-electron chi connectivity index (χ3n) is 5.21. The molecule has 1 amide bonds. The van der Waals surface area contributed by atoms with Gasteiger partial charge >= 0.3 is 5.97 Å². The standard InChI is InChI=1S/C24H24N4O4S/c1-5-19(29)28-17-10-8-7-9-15(17)21-22(25-24(33-4)27-26-21)32-23(28)16-13-14(3)11-12-18(16)31-20(30)6-2/h7-13,23H,5-6H2,1-4H3/t23-/m0/s1. The zero-order chi connectivity index (χ0) is 23.5. The zero-order valence-corrected chi connectivity index (χ0v) is 19.7. The van der Waals surface area contributed by atoms with Crippen LogP contribution >= 0.6 is 11.8 Å². The molecular weight excluding hydrogens is 440 g/mol. The number of rotatable bonds is 5. The lowest BCUT2D eigenvalue weighted by atomic mass is 10.1. The molecule has 0 radical (unpaired) electrons. The summed E-state index contributed by atoms with van der Waals surface area (Å²) >= 11 is 1.34. The summed E-state index contributed by atoms with van der Waals surface area (Å²) in [6.07, 6.45) is 1.39. The van der Waals surface area contributed by atoms with E-state index in [1.165, 1.54) is 11.8 Å². The number of ether oxygens (including phenoxy) is 2. The molecule has 4 rings (SSSR count). The minimum absolute atomic E-state index is 0.160. The summed E-state index contributed by atoms with van der Waals surface area (Å²) in [6, 6.07) is 12.8. The van der Waals surface area contributed by atoms with Crippen LogP contribution in [0.15, 0.2) is 47.6 Å². The molecule has 3 aromatic rings. The summed E-state index contributed by atoms with van der Waals surface area (Å²) in [5.74, 6) is 0.0519. The van der Waals surface area contributed by atoms with Crippen LogP contribution in [0.2, 0.25) is 0 Å². The number of aryl methyl sites for hydroxylation is 1. The second kappa shape index (κ2) is 9.58. The lowest BCUT2D eigenvalue weighted by Gasteiger charge is -2.31. The molecule has 0 saturated carbocycles. The van der Waals surface area contributed by atoms with E-state index >= 15 is 0 Å². The van der Waals surface area contributed by atoms with Gasteiger partial charge in [-0.25, -0.2) is 0 Å². The van der Waals surface area contributed by atoms with Crippen LogP contribution in [0.3, 0.4) is 0 Å². The lowest BCUT2D eigenvalue weighted by molar-refractivity contribution is -0.134. The van der Waals surface area contributed by atoms with Gasteiger partial charge in [-0.05, 0) is 31.4 Å². The number of carbonyl (C=O) groups is 2. The summed E-state index contributed by atoms with van der Waals surface area (Å²) in [4.78, 5) is 31.6. The van der Waals surface area contributed by atoms with E-state index in [2.05, 4.69) is 15.2 Å². The highest BCUT2D eigenvalue weighted by atomic mass is 32.2. The molecule has 0 spiro atoms. The average Bonchev–Trinajstić information content (AvgIpc) is 2.98. The minimum atomic E-state index is -0.925. The van der Waals surface area contributed by atoms with Crippen LogP contribution in [-0.2, 0) is 9.59 Å². The van der Waals surface area contributed by atoms with Gasteiger partial charge in [0.25, 0.3) is 0 Å². The quantitative estimate of drug-likeness (QED) is 0.304. The highest BCUT2D eigenvalue weighted by Gasteiger charge is 2.37. The number of esters is 1. The molecule has 1 aliphatic rings. The van der Waals surface area contributed by atoms with Gasteiger partial charge in [0, 0.05) is 18.4 Å². The van der Waals surface area contributed by atoms with Crippen LogP contribution in [0.25, 0.3) is 11.3 Å². The molecule has 2 heterocycles. The molecular formula is C24H24N4O4S. The predicted molar refractivity (Wildman–Crippen MR) is 125 cm³/mol. The second-order valence-corrected chi connectivity index (χ2v) is 8.20. The molecule has 0 unspecified atom stereocenters. The molecule has 1 aromatic heterocycles. The van der Waals surface area contributed by atoms with Gasteiger partial charge in [0.1, 0.15) is 5.75 Å². The fourth-order valence-electron chi connectivity index (χ4n) is 3.59. The monoisotopic (exact) mass is 464 g/mol. The first kappa shape index (κ1) is 22.7. The number of hydrogen-bond acceptors (Lipinski definition) is 8. The molecule has 1 atom stereocenters. The van der Waals surface area contributed by atoms with Gasteiger partial charge in [0.15, 0.2) is 5.69 Å². The van der Waals surface area contributed by atoms with E-state index < -0.39 is 6.23 Å². The van der Waals surface area contributed by atoms with Crippen molar-refractivity contribution in [3.63, 3.8) is 0 Å². The number of nitrogens with zero attached hydrogens (tertiary/aromatic N) is 4. The third-order valence-corrected chi connectivity index (χ3v) is 5.75. The normalized spacial score (nSPS) is 14.5. The Morgan fingerprint density at radius 2 is 1.91 bits per heavy atom. The van der Waals surface area contributed by atoms with Gasteiger partial charge in [0.05, 0.1) is 11.3 Å². The van der Waals surface area contributed by atoms with Crippen molar-refractivity contribution in [2.24, 2.45) is 0 Å². The largest absolute Gasteiger partial charge is 0.447 e. The van der Waals surface area contributed by atoms with Gasteiger partial charge in [-0.15, -0.1) is 10.2 Å². The molecule has 33 heavy (non-hydrogen) atoms. The molecule has 0 N–H and O–H groups in total. The number of benzene rings is 2. The van der Waals surface area contributed by atoms with Crippen molar-refractivity contribution in [2.45, 2.75) is 45.0 Å². The number of carbonyl (C=O) groups excluding carboxylic acids is 2. The average molecular weight is 465 g/mol. The SMILES string of the molecule is CCC(=O)Oc1ccc(C)cc1[C@@H]1Oc2nc(SC)nnc2-c2ccccc2N1C(=O)CC. The summed E-state index contributed by atoms with van der Waals surface area (Å²) in [7, 11) is 0. The van der Waals surface area contributed by atoms with Gasteiger partial charge < -0.3 is 9.47 Å². The van der Waals surface area contributed by atoms with Crippen LogP contribution in [0.5, 0.6) is 11.6 Å². The first-order valence-electron chi connectivity index (χ1n) is 10.6. The topological polar surface area (TPSA) is 94.5 Å². The Kier molecular flexibility index (Phi) is 6.60. The molecule has 0 saturated heterocycles. The van der Waals surface area contributed by atoms with E-state index in [9.17, 15) is 9.59 Å². The summed E-state index contributed by atoms with van der Waals surface area (Å²) in [5.41, 5.74) is 3.22. The van der Waals surface area contributed by atoms with Gasteiger partial charge in [0.2, 0.25) is 23.2 Å². The number of para-hydroxylation sites is 1. The van der Waals surface area contributed by atoms with E-state index in [1.807, 2.05) is 49.6 Å². The molecule has 0 aliphatic carbocycles. The Morgan fingerprint density at radius 3 is 2.64 bits per heavy atom. The first-order valence-corrected chi connectivity index (χ1v) is 11.9. The van der Waals surface area contributed by atoms with E-state index in [4.69, 9.17) is 9.47 Å². The van der Waals surface area contributed by atoms with E-state index in [1.54, 1.807) is 24.8 Å². The van der Waals surface area contributed by atoms with E-state index in [0.717, 1.165) is 5.56 Å². The first-order chi connectivity index (χ1) is 16.0. The number of hydrogen-bond donors (Lipinski definition) is 0. The van der Waals surface area contributed by atoms with Gasteiger partial charge in [-0.3, -0.25) is 14.5 Å². The molecule has 0 bridgehead atoms. The summed E-state index contributed by atoms with van der Waals surface area (Å²) in [6.45, 7) is 5.44. The highest BCUT2D eigenvalue weighted by molar-refractivity contribution is 7.98. The lowest BCUT2D eigenvalue weighted by Crippen LogP contribution is -2.37. The molecule has 1 aliphatic heterocycles. The van der Waals surface area contributed by atoms with Crippen molar-refractivity contribution < 1.29 is 19.1 Å². The number of fused-ring (bicyclic) bond motifs is 3. The maximum Gasteiger partial charge on any atom is 0.310 e. The maximum absolute atomic E-state index is 13.3. The van der Waals surface area contributed by atoms with Crippen LogP contribution < -0.4 is 14.4 Å². The Morgan fingerprint density at radius 1 is 1.12 bits per heavy atom. The Labute approximate surface area is 196 Å². The van der Waals surface area contributed by atoms with E-state index in [0.29, 0.717) is 33.4 Å². The number of anilines is 1. The van der Waals surface area contributed by atoms with Crippen molar-refractivity contribution in [3.8, 4) is 22.9 Å². The van der Waals surface area contributed by atoms with Crippen LogP contribution in [0, 0.1) is 6.92 Å². The van der Waals surface area contributed by atoms with Crippen molar-refractivity contribution >= 4 is 29.3 Å². The van der Waals surface area contributed by atoms with Crippen molar-refractivity contribution in [1.29, 1.82) is 0 Å². The molecule has 0 fully saturated rings. The summed E-state index contributed by atoms with van der Waals surface area (Å²) < 4.78 is 12.0. The van der Waals surface area contributed by atoms with Gasteiger partial charge in [-0.2, -0.15) is 4.98 Å². The maximum atomic E-state index is 13.3. The Bertz CT molecular complexity index is 1220. The number of amides is 1. The number of thioether (sulfide) groups is 1. The fraction of sp³-hybridized carbons (Fsp3) is 0.292. The van der Waals surface area contributed by atoms with Crippen molar-refractivity contribution in [1.82, 2.24) is 15.2 Å². The number of aromatic nitrogens is 3. The van der Waals surface area contributed by atoms with Crippen LogP contribution in [0.1, 0.15) is 44.0 Å². The molecule has 8 nitrogen and oxygen atoms in total. The third kappa shape index (κ3) is 4.41. The van der Waals surface area contributed by atoms with Crippen molar-refractivity contribution in [2.75, 3.05) is 11.2 Å². The fourth-order valence-corrected chi connectivity index (χ4v) is 3.89. The van der Waals surface area contributed by atoms with Crippen molar-refractivity contribution in [3.05, 3.63) is 53.6 Å². The zero-order valence-electron chi connectivity index (χ0n) is 18.9. The van der Waals surface area contributed by atoms with Crippen LogP contribution in [-0.4, -0.2) is 33.3 Å². The summed E-state index contributed by atoms with van der Waals surface area (Å²) in [5, 5.41) is 8.98. The van der Waals surface area contributed by atoms with Gasteiger partial charge in [-0.1, -0.05) is 55.4 Å².